The third-order valence-electron chi connectivity index (χ3n) is 6.87. The SMILES string of the molecule is CCCCCCN1C(=O)/C(=C\c2c(C)c(C#N)c(=O)n(CCCC)c2N2CCCCCC2)SC1=S. The van der Waals surface area contributed by atoms with Gasteiger partial charge in [0, 0.05) is 31.7 Å². The minimum absolute atomic E-state index is 0.0671. The Morgan fingerprint density at radius 3 is 2.31 bits per heavy atom. The minimum atomic E-state index is -0.224. The number of carbonyl (C=O) groups is 1. The zero-order chi connectivity index (χ0) is 25.4. The molecule has 2 fully saturated rings. The summed E-state index contributed by atoms with van der Waals surface area (Å²) in [6, 6.07) is 2.15. The van der Waals surface area contributed by atoms with Gasteiger partial charge in [0.05, 0.1) is 4.91 Å². The second-order valence-electron chi connectivity index (χ2n) is 9.45. The van der Waals surface area contributed by atoms with E-state index in [1.54, 1.807) is 9.47 Å². The lowest BCUT2D eigenvalue weighted by atomic mass is 10.0. The normalized spacial score (nSPS) is 17.8. The molecule has 0 radical (unpaired) electrons. The van der Waals surface area contributed by atoms with Gasteiger partial charge in [0.1, 0.15) is 21.8 Å². The van der Waals surface area contributed by atoms with Crippen molar-refractivity contribution in [3.05, 3.63) is 31.9 Å². The van der Waals surface area contributed by atoms with E-state index in [9.17, 15) is 14.9 Å². The molecule has 0 saturated carbocycles. The Labute approximate surface area is 219 Å². The number of carbonyl (C=O) groups excluding carboxylic acids is 1. The number of thioether (sulfide) groups is 1. The molecule has 3 heterocycles. The Kier molecular flexibility index (Phi) is 10.4. The van der Waals surface area contributed by atoms with Crippen molar-refractivity contribution in [2.24, 2.45) is 0 Å². The molecular weight excluding hydrogens is 476 g/mol. The summed E-state index contributed by atoms with van der Waals surface area (Å²) in [5, 5.41) is 9.86. The Bertz CT molecular complexity index is 1060. The van der Waals surface area contributed by atoms with Gasteiger partial charge in [-0.05, 0) is 44.2 Å². The van der Waals surface area contributed by atoms with Gasteiger partial charge in [-0.15, -0.1) is 0 Å². The molecule has 0 atom stereocenters. The van der Waals surface area contributed by atoms with Gasteiger partial charge in [0.2, 0.25) is 0 Å². The maximum absolute atomic E-state index is 13.4. The summed E-state index contributed by atoms with van der Waals surface area (Å²) in [5.74, 6) is 0.789. The van der Waals surface area contributed by atoms with Crippen LogP contribution in [0.25, 0.3) is 6.08 Å². The largest absolute Gasteiger partial charge is 0.357 e. The summed E-state index contributed by atoms with van der Waals surface area (Å²) in [6.07, 6.45) is 12.5. The van der Waals surface area contributed by atoms with Crippen molar-refractivity contribution in [1.82, 2.24) is 9.47 Å². The van der Waals surface area contributed by atoms with E-state index in [4.69, 9.17) is 12.2 Å². The summed E-state index contributed by atoms with van der Waals surface area (Å²) in [5.41, 5.74) is 1.41. The molecule has 2 aliphatic rings. The highest BCUT2D eigenvalue weighted by Gasteiger charge is 2.33. The molecule has 0 unspecified atom stereocenters. The molecule has 6 nitrogen and oxygen atoms in total. The smallest absolute Gasteiger partial charge is 0.270 e. The fraction of sp³-hybridized carbons (Fsp3) is 0.630. The molecule has 3 rings (SSSR count). The van der Waals surface area contributed by atoms with Crippen LogP contribution in [-0.4, -0.2) is 39.3 Å². The van der Waals surface area contributed by atoms with Crippen LogP contribution in [0.3, 0.4) is 0 Å². The average molecular weight is 515 g/mol. The van der Waals surface area contributed by atoms with Crippen molar-refractivity contribution in [2.75, 3.05) is 24.5 Å². The molecule has 0 bridgehead atoms. The Morgan fingerprint density at radius 1 is 1.00 bits per heavy atom. The van der Waals surface area contributed by atoms with Crippen molar-refractivity contribution in [1.29, 1.82) is 5.26 Å². The number of pyridine rings is 1. The Hall–Kier alpha value is -2.11. The maximum atomic E-state index is 13.4. The van der Waals surface area contributed by atoms with Crippen molar-refractivity contribution in [3.63, 3.8) is 0 Å². The Morgan fingerprint density at radius 2 is 1.69 bits per heavy atom. The first-order chi connectivity index (χ1) is 16.9. The van der Waals surface area contributed by atoms with Crippen molar-refractivity contribution in [2.45, 2.75) is 91.5 Å². The van der Waals surface area contributed by atoms with E-state index in [2.05, 4.69) is 24.8 Å². The van der Waals surface area contributed by atoms with Crippen LogP contribution >= 0.6 is 24.0 Å². The lowest BCUT2D eigenvalue weighted by Crippen LogP contribution is -2.35. The number of rotatable bonds is 10. The van der Waals surface area contributed by atoms with E-state index in [-0.39, 0.29) is 17.0 Å². The van der Waals surface area contributed by atoms with Crippen LogP contribution in [0.1, 0.15) is 94.7 Å². The van der Waals surface area contributed by atoms with Gasteiger partial charge in [-0.2, -0.15) is 5.26 Å². The van der Waals surface area contributed by atoms with Crippen molar-refractivity contribution in [3.8, 4) is 6.07 Å². The summed E-state index contributed by atoms with van der Waals surface area (Å²) >= 11 is 6.89. The number of hydrogen-bond donors (Lipinski definition) is 0. The van der Waals surface area contributed by atoms with E-state index in [0.717, 1.165) is 75.8 Å². The number of anilines is 1. The molecule has 1 amide bonds. The maximum Gasteiger partial charge on any atom is 0.270 e. The highest BCUT2D eigenvalue weighted by molar-refractivity contribution is 8.26. The first-order valence-corrected chi connectivity index (χ1v) is 14.3. The van der Waals surface area contributed by atoms with E-state index < -0.39 is 0 Å². The molecule has 1 aromatic heterocycles. The second-order valence-corrected chi connectivity index (χ2v) is 11.1. The number of thiocarbonyl (C=S) groups is 1. The van der Waals surface area contributed by atoms with E-state index in [1.807, 2.05) is 13.0 Å². The third kappa shape index (κ3) is 6.37. The standard InChI is InChI=1S/C27H38N4O2S2/c1-4-6-8-13-17-31-26(33)23(35-27(31)34)18-21-20(3)22(19-28)25(32)30(16-7-5-2)24(21)29-14-11-9-10-12-15-29/h18H,4-17H2,1-3H3/b23-18+. The zero-order valence-corrected chi connectivity index (χ0v) is 23.0. The summed E-state index contributed by atoms with van der Waals surface area (Å²) in [4.78, 5) is 31.3. The summed E-state index contributed by atoms with van der Waals surface area (Å²) in [6.45, 7) is 9.05. The number of amides is 1. The molecule has 2 saturated heterocycles. The lowest BCUT2D eigenvalue weighted by Gasteiger charge is -2.29. The number of hydrogen-bond acceptors (Lipinski definition) is 6. The van der Waals surface area contributed by atoms with E-state index >= 15 is 0 Å². The molecule has 0 aromatic carbocycles. The third-order valence-corrected chi connectivity index (χ3v) is 8.25. The van der Waals surface area contributed by atoms with Gasteiger partial charge in [-0.3, -0.25) is 19.1 Å². The molecule has 1 aromatic rings. The van der Waals surface area contributed by atoms with E-state index in [1.165, 1.54) is 24.6 Å². The molecule has 2 aliphatic heterocycles. The summed E-state index contributed by atoms with van der Waals surface area (Å²) in [7, 11) is 0. The highest BCUT2D eigenvalue weighted by atomic mass is 32.2. The average Bonchev–Trinajstić information content (AvgIpc) is 3.02. The molecule has 8 heteroatoms. The van der Waals surface area contributed by atoms with E-state index in [0.29, 0.717) is 27.9 Å². The fourth-order valence-corrected chi connectivity index (χ4v) is 6.10. The van der Waals surface area contributed by atoms with Gasteiger partial charge in [-0.25, -0.2) is 0 Å². The highest BCUT2D eigenvalue weighted by Crippen LogP contribution is 2.36. The van der Waals surface area contributed by atoms with Crippen LogP contribution in [0.5, 0.6) is 0 Å². The van der Waals surface area contributed by atoms with Gasteiger partial charge in [0.25, 0.3) is 11.5 Å². The fourth-order valence-electron chi connectivity index (χ4n) is 4.81. The predicted octanol–water partition coefficient (Wildman–Crippen LogP) is 5.99. The van der Waals surface area contributed by atoms with Crippen LogP contribution in [0.15, 0.2) is 9.70 Å². The second kappa shape index (κ2) is 13.3. The lowest BCUT2D eigenvalue weighted by molar-refractivity contribution is -0.122. The predicted molar refractivity (Wildman–Crippen MR) is 150 cm³/mol. The zero-order valence-electron chi connectivity index (χ0n) is 21.4. The molecule has 0 aliphatic carbocycles. The topological polar surface area (TPSA) is 69.3 Å². The van der Waals surface area contributed by atoms with Crippen LogP contribution < -0.4 is 10.5 Å². The molecule has 0 spiro atoms. The van der Waals surface area contributed by atoms with Crippen molar-refractivity contribution < 1.29 is 4.79 Å². The molecular formula is C27H38N4O2S2. The van der Waals surface area contributed by atoms with Gasteiger partial charge >= 0.3 is 0 Å². The number of aromatic nitrogens is 1. The first kappa shape index (κ1) is 27.5. The van der Waals surface area contributed by atoms with Crippen molar-refractivity contribution >= 4 is 46.1 Å². The monoisotopic (exact) mass is 514 g/mol. The molecule has 0 N–H and O–H groups in total. The van der Waals surface area contributed by atoms with Gasteiger partial charge < -0.3 is 4.90 Å². The number of nitriles is 1. The van der Waals surface area contributed by atoms with Crippen LogP contribution in [0.4, 0.5) is 5.82 Å². The molecule has 35 heavy (non-hydrogen) atoms. The van der Waals surface area contributed by atoms with Crippen LogP contribution in [-0.2, 0) is 11.3 Å². The number of nitrogens with zero attached hydrogens (tertiary/aromatic N) is 4. The number of unbranched alkanes of at least 4 members (excludes halogenated alkanes) is 4. The Balaban J connectivity index is 2.10. The van der Waals surface area contributed by atoms with Crippen LogP contribution in [0, 0.1) is 18.3 Å². The first-order valence-electron chi connectivity index (χ1n) is 13.1. The van der Waals surface area contributed by atoms with Gasteiger partial charge in [-0.1, -0.05) is 76.4 Å². The molecule has 190 valence electrons. The van der Waals surface area contributed by atoms with Gasteiger partial charge in [0.15, 0.2) is 0 Å². The van der Waals surface area contributed by atoms with Crippen LogP contribution in [0.2, 0.25) is 0 Å². The summed E-state index contributed by atoms with van der Waals surface area (Å²) < 4.78 is 2.38. The minimum Gasteiger partial charge on any atom is -0.357 e. The quantitative estimate of drug-likeness (QED) is 0.217.